The molecule has 6 heteroatoms. The number of morpholine rings is 1. The fourth-order valence-corrected chi connectivity index (χ4v) is 3.20. The van der Waals surface area contributed by atoms with Crippen molar-refractivity contribution in [2.75, 3.05) is 43.1 Å². The second-order valence-corrected chi connectivity index (χ2v) is 6.76. The number of carbonyl (C=O) groups excluding carboxylic acids is 1. The first-order chi connectivity index (χ1) is 12.6. The number of anilines is 2. The van der Waals surface area contributed by atoms with Crippen LogP contribution in [0.3, 0.4) is 0 Å². The molecule has 5 nitrogen and oxygen atoms in total. The van der Waals surface area contributed by atoms with Crippen molar-refractivity contribution in [3.05, 3.63) is 58.6 Å². The third kappa shape index (κ3) is 4.90. The lowest BCUT2D eigenvalue weighted by atomic mass is 10.1. The molecule has 0 radical (unpaired) electrons. The van der Waals surface area contributed by atoms with Crippen molar-refractivity contribution in [3.8, 4) is 0 Å². The molecule has 0 aliphatic carbocycles. The van der Waals surface area contributed by atoms with E-state index in [-0.39, 0.29) is 12.5 Å². The molecular weight excluding hydrogens is 350 g/mol. The normalized spacial score (nSPS) is 14.2. The molecule has 0 bridgehead atoms. The van der Waals surface area contributed by atoms with Gasteiger partial charge in [-0.2, -0.15) is 0 Å². The molecule has 3 rings (SSSR count). The molecule has 0 spiro atoms. The number of halogens is 1. The highest BCUT2D eigenvalue weighted by atomic mass is 35.5. The standard InChI is InChI=1S/C20H24ClN3O2/c1-15-5-7-16(8-6-15)13-23-19(25)14-22-18-4-2-3-17(21)20(18)24-9-11-26-12-10-24/h2-8,22H,9-14H2,1H3,(H,23,25). The third-order valence-corrected chi connectivity index (χ3v) is 4.67. The third-order valence-electron chi connectivity index (χ3n) is 4.36. The van der Waals surface area contributed by atoms with Gasteiger partial charge in [0.1, 0.15) is 0 Å². The molecule has 0 unspecified atom stereocenters. The second-order valence-electron chi connectivity index (χ2n) is 6.35. The SMILES string of the molecule is Cc1ccc(CNC(=O)CNc2cccc(Cl)c2N2CCOCC2)cc1. The van der Waals surface area contributed by atoms with Crippen LogP contribution in [0.5, 0.6) is 0 Å². The number of nitrogens with one attached hydrogen (secondary N) is 2. The topological polar surface area (TPSA) is 53.6 Å². The Morgan fingerprint density at radius 2 is 1.88 bits per heavy atom. The van der Waals surface area contributed by atoms with Gasteiger partial charge in [-0.1, -0.05) is 47.5 Å². The van der Waals surface area contributed by atoms with E-state index in [1.165, 1.54) is 5.56 Å². The van der Waals surface area contributed by atoms with Crippen molar-refractivity contribution < 1.29 is 9.53 Å². The fraction of sp³-hybridized carbons (Fsp3) is 0.350. The summed E-state index contributed by atoms with van der Waals surface area (Å²) >= 11 is 6.41. The van der Waals surface area contributed by atoms with E-state index in [4.69, 9.17) is 16.3 Å². The molecule has 2 aromatic carbocycles. The smallest absolute Gasteiger partial charge is 0.239 e. The Bertz CT molecular complexity index is 743. The molecule has 0 saturated carbocycles. The Morgan fingerprint density at radius 3 is 2.62 bits per heavy atom. The average Bonchev–Trinajstić information content (AvgIpc) is 2.66. The number of benzene rings is 2. The van der Waals surface area contributed by atoms with Crippen LogP contribution in [0.2, 0.25) is 5.02 Å². The molecule has 0 aromatic heterocycles. The number of carbonyl (C=O) groups is 1. The van der Waals surface area contributed by atoms with Gasteiger partial charge >= 0.3 is 0 Å². The van der Waals surface area contributed by atoms with Crippen molar-refractivity contribution in [2.45, 2.75) is 13.5 Å². The summed E-state index contributed by atoms with van der Waals surface area (Å²) in [5.74, 6) is -0.0570. The highest BCUT2D eigenvalue weighted by Crippen LogP contribution is 2.34. The maximum atomic E-state index is 12.2. The Kier molecular flexibility index (Phi) is 6.36. The van der Waals surface area contributed by atoms with Gasteiger partial charge in [-0.15, -0.1) is 0 Å². The van der Waals surface area contributed by atoms with Crippen LogP contribution in [-0.2, 0) is 16.1 Å². The summed E-state index contributed by atoms with van der Waals surface area (Å²) in [6, 6.07) is 13.8. The van der Waals surface area contributed by atoms with Crippen LogP contribution in [0.4, 0.5) is 11.4 Å². The highest BCUT2D eigenvalue weighted by molar-refractivity contribution is 6.34. The first-order valence-corrected chi connectivity index (χ1v) is 9.18. The minimum absolute atomic E-state index is 0.0570. The van der Waals surface area contributed by atoms with E-state index < -0.39 is 0 Å². The number of amides is 1. The monoisotopic (exact) mass is 373 g/mol. The van der Waals surface area contributed by atoms with Crippen molar-refractivity contribution in [1.82, 2.24) is 5.32 Å². The van der Waals surface area contributed by atoms with Crippen LogP contribution in [0.25, 0.3) is 0 Å². The van der Waals surface area contributed by atoms with Gasteiger partial charge in [0.25, 0.3) is 0 Å². The number of hydrogen-bond acceptors (Lipinski definition) is 4. The van der Waals surface area contributed by atoms with Crippen molar-refractivity contribution in [3.63, 3.8) is 0 Å². The molecule has 0 atom stereocenters. The van der Waals surface area contributed by atoms with E-state index in [2.05, 4.69) is 15.5 Å². The zero-order valence-electron chi connectivity index (χ0n) is 14.9. The minimum Gasteiger partial charge on any atom is -0.378 e. The maximum absolute atomic E-state index is 12.2. The second kappa shape index (κ2) is 8.92. The van der Waals surface area contributed by atoms with Gasteiger partial charge in [0.2, 0.25) is 5.91 Å². The van der Waals surface area contributed by atoms with Gasteiger partial charge in [-0.25, -0.2) is 0 Å². The van der Waals surface area contributed by atoms with Crippen LogP contribution in [0, 0.1) is 6.92 Å². The van der Waals surface area contributed by atoms with Crippen LogP contribution < -0.4 is 15.5 Å². The zero-order chi connectivity index (χ0) is 18.4. The quantitative estimate of drug-likeness (QED) is 0.816. The van der Waals surface area contributed by atoms with Gasteiger partial charge in [0.15, 0.2) is 0 Å². The van der Waals surface area contributed by atoms with E-state index in [1.807, 2.05) is 49.4 Å². The molecule has 2 aromatic rings. The Morgan fingerprint density at radius 1 is 1.15 bits per heavy atom. The molecule has 1 amide bonds. The molecule has 1 aliphatic heterocycles. The van der Waals surface area contributed by atoms with Gasteiger partial charge in [0, 0.05) is 19.6 Å². The predicted molar refractivity (Wildman–Crippen MR) is 106 cm³/mol. The molecule has 2 N–H and O–H groups in total. The molecular formula is C20H24ClN3O2. The Hall–Kier alpha value is -2.24. The van der Waals surface area contributed by atoms with E-state index in [0.29, 0.717) is 24.8 Å². The summed E-state index contributed by atoms with van der Waals surface area (Å²) in [5, 5.41) is 6.83. The number of hydrogen-bond donors (Lipinski definition) is 2. The number of ether oxygens (including phenoxy) is 1. The van der Waals surface area contributed by atoms with Crippen molar-refractivity contribution in [1.29, 1.82) is 0 Å². The van der Waals surface area contributed by atoms with E-state index in [9.17, 15) is 4.79 Å². The highest BCUT2D eigenvalue weighted by Gasteiger charge is 2.18. The van der Waals surface area contributed by atoms with E-state index >= 15 is 0 Å². The number of rotatable bonds is 6. The number of nitrogens with zero attached hydrogens (tertiary/aromatic N) is 1. The number of para-hydroxylation sites is 1. The largest absolute Gasteiger partial charge is 0.378 e. The van der Waals surface area contributed by atoms with Crippen LogP contribution in [0.1, 0.15) is 11.1 Å². The van der Waals surface area contributed by atoms with Crippen LogP contribution in [-0.4, -0.2) is 38.8 Å². The molecule has 26 heavy (non-hydrogen) atoms. The lowest BCUT2D eigenvalue weighted by Gasteiger charge is -2.31. The number of aryl methyl sites for hydroxylation is 1. The summed E-state index contributed by atoms with van der Waals surface area (Å²) in [4.78, 5) is 14.4. The lowest BCUT2D eigenvalue weighted by Crippen LogP contribution is -2.37. The minimum atomic E-state index is -0.0570. The summed E-state index contributed by atoms with van der Waals surface area (Å²) < 4.78 is 5.41. The summed E-state index contributed by atoms with van der Waals surface area (Å²) in [7, 11) is 0. The van der Waals surface area contributed by atoms with E-state index in [0.717, 1.165) is 30.0 Å². The molecule has 1 saturated heterocycles. The summed E-state index contributed by atoms with van der Waals surface area (Å²) in [6.45, 7) is 5.71. The van der Waals surface area contributed by atoms with Gasteiger partial charge < -0.3 is 20.3 Å². The van der Waals surface area contributed by atoms with Gasteiger partial charge in [0.05, 0.1) is 36.2 Å². The summed E-state index contributed by atoms with van der Waals surface area (Å²) in [6.07, 6.45) is 0. The van der Waals surface area contributed by atoms with Crippen LogP contribution in [0.15, 0.2) is 42.5 Å². The zero-order valence-corrected chi connectivity index (χ0v) is 15.7. The average molecular weight is 374 g/mol. The van der Waals surface area contributed by atoms with Crippen molar-refractivity contribution >= 4 is 28.9 Å². The fourth-order valence-electron chi connectivity index (χ4n) is 2.91. The van der Waals surface area contributed by atoms with Gasteiger partial charge in [-0.05, 0) is 24.6 Å². The Balaban J connectivity index is 1.57. The van der Waals surface area contributed by atoms with Gasteiger partial charge in [-0.3, -0.25) is 4.79 Å². The molecule has 1 aliphatic rings. The first kappa shape index (κ1) is 18.5. The summed E-state index contributed by atoms with van der Waals surface area (Å²) in [5.41, 5.74) is 4.09. The lowest BCUT2D eigenvalue weighted by molar-refractivity contribution is -0.119. The molecule has 138 valence electrons. The van der Waals surface area contributed by atoms with E-state index in [1.54, 1.807) is 0 Å². The molecule has 1 fully saturated rings. The van der Waals surface area contributed by atoms with Crippen LogP contribution >= 0.6 is 11.6 Å². The maximum Gasteiger partial charge on any atom is 0.239 e. The molecule has 1 heterocycles. The Labute approximate surface area is 159 Å². The first-order valence-electron chi connectivity index (χ1n) is 8.81. The predicted octanol–water partition coefficient (Wildman–Crippen LogP) is 3.21. The van der Waals surface area contributed by atoms with Crippen molar-refractivity contribution in [2.24, 2.45) is 0 Å².